The Hall–Kier alpha value is -2.08. The molecular weight excluding hydrogens is 264 g/mol. The van der Waals surface area contributed by atoms with Gasteiger partial charge in [-0.05, 0) is 23.3 Å². The summed E-state index contributed by atoms with van der Waals surface area (Å²) in [4.78, 5) is 12.0. The predicted octanol–water partition coefficient (Wildman–Crippen LogP) is 1.22. The lowest BCUT2D eigenvalue weighted by molar-refractivity contribution is 0.551. The van der Waals surface area contributed by atoms with Crippen LogP contribution >= 0.6 is 0 Å². The first-order chi connectivity index (χ1) is 9.61. The number of aromatic nitrogens is 2. The van der Waals surface area contributed by atoms with Gasteiger partial charge in [-0.1, -0.05) is 0 Å². The number of halogens is 2. The average molecular weight is 277 g/mol. The van der Waals surface area contributed by atoms with E-state index in [1.807, 2.05) is 0 Å². The van der Waals surface area contributed by atoms with Crippen LogP contribution in [0.2, 0.25) is 0 Å². The third-order valence-electron chi connectivity index (χ3n) is 3.27. The normalized spacial score (nSPS) is 14.1. The highest BCUT2D eigenvalue weighted by Gasteiger charge is 2.13. The zero-order valence-electron chi connectivity index (χ0n) is 10.7. The van der Waals surface area contributed by atoms with E-state index in [9.17, 15) is 13.6 Å². The Morgan fingerprint density at radius 2 is 1.95 bits per heavy atom. The van der Waals surface area contributed by atoms with Crippen molar-refractivity contribution in [3.8, 4) is 0 Å². The van der Waals surface area contributed by atoms with Gasteiger partial charge in [-0.2, -0.15) is 5.10 Å². The van der Waals surface area contributed by atoms with Crippen molar-refractivity contribution in [2.75, 3.05) is 6.54 Å². The summed E-state index contributed by atoms with van der Waals surface area (Å²) < 4.78 is 27.5. The SMILES string of the molecule is O=c1cc2c(nn1Cc1cc(F)cc(F)c1)CCNC2. The van der Waals surface area contributed by atoms with Crippen LogP contribution in [0.4, 0.5) is 8.78 Å². The minimum absolute atomic E-state index is 0.0637. The van der Waals surface area contributed by atoms with Crippen LogP contribution < -0.4 is 10.9 Å². The van der Waals surface area contributed by atoms with Crippen LogP contribution in [-0.2, 0) is 19.5 Å². The molecular formula is C14H13F2N3O. The van der Waals surface area contributed by atoms with Crippen molar-refractivity contribution in [2.45, 2.75) is 19.5 Å². The first-order valence-electron chi connectivity index (χ1n) is 6.37. The Morgan fingerprint density at radius 1 is 1.20 bits per heavy atom. The van der Waals surface area contributed by atoms with E-state index in [0.29, 0.717) is 12.1 Å². The number of nitrogens with zero attached hydrogens (tertiary/aromatic N) is 2. The molecule has 3 rings (SSSR count). The summed E-state index contributed by atoms with van der Waals surface area (Å²) in [7, 11) is 0. The maximum Gasteiger partial charge on any atom is 0.267 e. The molecule has 1 aromatic heterocycles. The maximum absolute atomic E-state index is 13.1. The van der Waals surface area contributed by atoms with Crippen LogP contribution in [0.1, 0.15) is 16.8 Å². The fourth-order valence-electron chi connectivity index (χ4n) is 2.35. The molecule has 0 saturated heterocycles. The first-order valence-corrected chi connectivity index (χ1v) is 6.37. The molecule has 4 nitrogen and oxygen atoms in total. The molecule has 1 aliphatic rings. The fraction of sp³-hybridized carbons (Fsp3) is 0.286. The van der Waals surface area contributed by atoms with Crippen LogP contribution in [-0.4, -0.2) is 16.3 Å². The standard InChI is InChI=1S/C14H13F2N3O/c15-11-3-9(4-12(16)6-11)8-19-14(20)5-10-7-17-2-1-13(10)18-19/h3-6,17H,1-2,7-8H2. The summed E-state index contributed by atoms with van der Waals surface area (Å²) in [6, 6.07) is 4.75. The maximum atomic E-state index is 13.1. The Bertz CT molecular complexity index is 692. The number of nitrogens with one attached hydrogen (secondary N) is 1. The van der Waals surface area contributed by atoms with Crippen molar-refractivity contribution >= 4 is 0 Å². The molecule has 0 fully saturated rings. The number of hydrogen-bond acceptors (Lipinski definition) is 3. The Labute approximate surface area is 114 Å². The van der Waals surface area contributed by atoms with Crippen molar-refractivity contribution in [1.29, 1.82) is 0 Å². The van der Waals surface area contributed by atoms with Crippen LogP contribution in [0, 0.1) is 11.6 Å². The van der Waals surface area contributed by atoms with Gasteiger partial charge in [0.2, 0.25) is 0 Å². The van der Waals surface area contributed by atoms with Gasteiger partial charge in [0, 0.05) is 31.6 Å². The molecule has 1 aromatic carbocycles. The van der Waals surface area contributed by atoms with Gasteiger partial charge in [-0.3, -0.25) is 4.79 Å². The molecule has 0 aliphatic carbocycles. The van der Waals surface area contributed by atoms with Gasteiger partial charge in [0.25, 0.3) is 5.56 Å². The van der Waals surface area contributed by atoms with Crippen LogP contribution in [0.25, 0.3) is 0 Å². The topological polar surface area (TPSA) is 46.9 Å². The highest BCUT2D eigenvalue weighted by molar-refractivity contribution is 5.22. The summed E-state index contributed by atoms with van der Waals surface area (Å²) in [5.74, 6) is -1.31. The van der Waals surface area contributed by atoms with Crippen molar-refractivity contribution in [3.05, 3.63) is 63.1 Å². The minimum atomic E-state index is -0.657. The highest BCUT2D eigenvalue weighted by atomic mass is 19.1. The molecule has 0 radical (unpaired) electrons. The molecule has 2 aromatic rings. The molecule has 20 heavy (non-hydrogen) atoms. The van der Waals surface area contributed by atoms with Crippen LogP contribution in [0.5, 0.6) is 0 Å². The van der Waals surface area contributed by atoms with Gasteiger partial charge >= 0.3 is 0 Å². The number of hydrogen-bond donors (Lipinski definition) is 1. The highest BCUT2D eigenvalue weighted by Crippen LogP contribution is 2.11. The second kappa shape index (κ2) is 5.13. The van der Waals surface area contributed by atoms with Gasteiger partial charge in [0.1, 0.15) is 11.6 Å². The van der Waals surface area contributed by atoms with Crippen molar-refractivity contribution in [3.63, 3.8) is 0 Å². The quantitative estimate of drug-likeness (QED) is 0.897. The first kappa shape index (κ1) is 12.9. The Morgan fingerprint density at radius 3 is 2.70 bits per heavy atom. The molecule has 0 unspecified atom stereocenters. The molecule has 6 heteroatoms. The summed E-state index contributed by atoms with van der Waals surface area (Å²) in [5.41, 5.74) is 1.87. The second-order valence-electron chi connectivity index (χ2n) is 4.82. The van der Waals surface area contributed by atoms with Gasteiger partial charge in [0.05, 0.1) is 12.2 Å². The molecule has 0 amide bonds. The van der Waals surface area contributed by atoms with E-state index in [1.165, 1.54) is 22.9 Å². The molecule has 1 N–H and O–H groups in total. The van der Waals surface area contributed by atoms with E-state index in [0.717, 1.165) is 30.3 Å². The fourth-order valence-corrected chi connectivity index (χ4v) is 2.35. The Balaban J connectivity index is 1.96. The summed E-state index contributed by atoms with van der Waals surface area (Å²) in [5, 5.41) is 7.45. The summed E-state index contributed by atoms with van der Waals surface area (Å²) in [6.45, 7) is 1.51. The van der Waals surface area contributed by atoms with E-state index >= 15 is 0 Å². The largest absolute Gasteiger partial charge is 0.312 e. The molecule has 0 atom stereocenters. The number of rotatable bonds is 2. The smallest absolute Gasteiger partial charge is 0.267 e. The Kier molecular flexibility index (Phi) is 3.31. The van der Waals surface area contributed by atoms with E-state index in [-0.39, 0.29) is 12.1 Å². The molecule has 104 valence electrons. The number of fused-ring (bicyclic) bond motifs is 1. The third-order valence-corrected chi connectivity index (χ3v) is 3.27. The zero-order chi connectivity index (χ0) is 14.1. The van der Waals surface area contributed by atoms with Crippen LogP contribution in [0.3, 0.4) is 0 Å². The summed E-state index contributed by atoms with van der Waals surface area (Å²) in [6.07, 6.45) is 0.743. The monoisotopic (exact) mass is 277 g/mol. The van der Waals surface area contributed by atoms with E-state index in [2.05, 4.69) is 10.4 Å². The van der Waals surface area contributed by atoms with Crippen molar-refractivity contribution in [2.24, 2.45) is 0 Å². The molecule has 0 bridgehead atoms. The lowest BCUT2D eigenvalue weighted by atomic mass is 10.1. The zero-order valence-corrected chi connectivity index (χ0v) is 10.7. The average Bonchev–Trinajstić information content (AvgIpc) is 2.38. The lowest BCUT2D eigenvalue weighted by Gasteiger charge is -2.17. The van der Waals surface area contributed by atoms with E-state index in [4.69, 9.17) is 0 Å². The van der Waals surface area contributed by atoms with E-state index in [1.54, 1.807) is 0 Å². The van der Waals surface area contributed by atoms with Gasteiger partial charge in [0.15, 0.2) is 0 Å². The predicted molar refractivity (Wildman–Crippen MR) is 69.4 cm³/mol. The molecule has 0 saturated carbocycles. The third kappa shape index (κ3) is 2.60. The van der Waals surface area contributed by atoms with Crippen LogP contribution in [0.15, 0.2) is 29.1 Å². The minimum Gasteiger partial charge on any atom is -0.312 e. The van der Waals surface area contributed by atoms with Crippen molar-refractivity contribution in [1.82, 2.24) is 15.1 Å². The van der Waals surface area contributed by atoms with Gasteiger partial charge in [-0.15, -0.1) is 0 Å². The number of benzene rings is 1. The lowest BCUT2D eigenvalue weighted by Crippen LogP contribution is -2.31. The van der Waals surface area contributed by atoms with E-state index < -0.39 is 11.6 Å². The summed E-state index contributed by atoms with van der Waals surface area (Å²) >= 11 is 0. The second-order valence-corrected chi connectivity index (χ2v) is 4.82. The molecule has 1 aliphatic heterocycles. The van der Waals surface area contributed by atoms with Gasteiger partial charge < -0.3 is 5.32 Å². The molecule has 0 spiro atoms. The molecule has 2 heterocycles. The van der Waals surface area contributed by atoms with Crippen molar-refractivity contribution < 1.29 is 8.78 Å². The van der Waals surface area contributed by atoms with Gasteiger partial charge in [-0.25, -0.2) is 13.5 Å².